The van der Waals surface area contributed by atoms with Crippen LogP contribution in [-0.2, 0) is 67.1 Å². The number of Topliss-reactive ketones (excluding diaryl/α,β-unsaturated/α-hetero) is 6. The topological polar surface area (TPSA) is 425 Å². The number of carboxylic acids is 6. The van der Waals surface area contributed by atoms with Gasteiger partial charge in [-0.25, -0.2) is 4.79 Å². The molecule has 0 bridgehead atoms. The van der Waals surface area contributed by atoms with Gasteiger partial charge in [-0.05, 0) is 51.9 Å². The minimum Gasteiger partial charge on any atom is -0.481 e. The van der Waals surface area contributed by atoms with Crippen LogP contribution >= 0.6 is 0 Å². The van der Waals surface area contributed by atoms with E-state index in [4.69, 9.17) is 5.11 Å². The van der Waals surface area contributed by atoms with Crippen molar-refractivity contribution in [3.63, 3.8) is 0 Å². The third kappa shape index (κ3) is 36.5. The summed E-state index contributed by atoms with van der Waals surface area (Å²) in [6, 6.07) is -3.10. The summed E-state index contributed by atoms with van der Waals surface area (Å²) in [6.45, 7) is -0.748. The quantitative estimate of drug-likeness (QED) is 0.0356. The first-order valence-corrected chi connectivity index (χ1v) is 27.6. The van der Waals surface area contributed by atoms with Crippen LogP contribution in [0.3, 0.4) is 0 Å². The van der Waals surface area contributed by atoms with Crippen molar-refractivity contribution in [1.29, 1.82) is 0 Å². The van der Waals surface area contributed by atoms with Crippen molar-refractivity contribution >= 4 is 82.3 Å². The molecule has 0 spiro atoms. The molecule has 0 saturated heterocycles. The molecule has 0 aliphatic carbocycles. The molecule has 0 aromatic rings. The number of aliphatic hydroxyl groups is 2. The summed E-state index contributed by atoms with van der Waals surface area (Å²) in [5, 5.41) is 81.3. The number of unbranched alkanes of at least 4 members (excludes halogenated alkanes) is 13. The number of carbonyl (C=O) groups is 14. The first-order chi connectivity index (χ1) is 37.3. The second kappa shape index (κ2) is 42.6. The van der Waals surface area contributed by atoms with Crippen LogP contribution in [0.25, 0.3) is 0 Å². The Morgan fingerprint density at radius 2 is 0.671 bits per heavy atom. The van der Waals surface area contributed by atoms with Gasteiger partial charge >= 0.3 is 35.8 Å². The average Bonchev–Trinajstić information content (AvgIpc) is 3.37. The molecule has 24 nitrogen and oxygen atoms in total. The van der Waals surface area contributed by atoms with Crippen LogP contribution < -0.4 is 10.6 Å². The molecule has 0 saturated carbocycles. The number of aliphatic carboxylic acids is 6. The van der Waals surface area contributed by atoms with E-state index < -0.39 is 208 Å². The van der Waals surface area contributed by atoms with Crippen LogP contribution in [-0.4, -0.2) is 148 Å². The molecule has 0 aliphatic heterocycles. The van der Waals surface area contributed by atoms with Crippen LogP contribution in [0, 0.1) is 29.6 Å². The Bertz CT molecular complexity index is 2020. The Hall–Kier alpha value is -6.30. The highest BCUT2D eigenvalue weighted by molar-refractivity contribution is 5.96. The van der Waals surface area contributed by atoms with Gasteiger partial charge in [0.2, 0.25) is 11.8 Å². The lowest BCUT2D eigenvalue weighted by molar-refractivity contribution is -0.146. The maximum atomic E-state index is 13.5. The van der Waals surface area contributed by atoms with E-state index in [2.05, 4.69) is 10.6 Å². The molecule has 0 radical (unpaired) electrons. The van der Waals surface area contributed by atoms with Crippen LogP contribution in [0.2, 0.25) is 0 Å². The first-order valence-electron chi connectivity index (χ1n) is 27.6. The smallest absolute Gasteiger partial charge is 0.326 e. The van der Waals surface area contributed by atoms with Crippen molar-refractivity contribution in [2.75, 3.05) is 13.2 Å². The summed E-state index contributed by atoms with van der Waals surface area (Å²) < 4.78 is 0. The van der Waals surface area contributed by atoms with Gasteiger partial charge in [0.1, 0.15) is 41.0 Å². The lowest BCUT2D eigenvalue weighted by atomic mass is 9.83. The summed E-state index contributed by atoms with van der Waals surface area (Å²) in [7, 11) is 0. The Balaban J connectivity index is 5.16. The van der Waals surface area contributed by atoms with Gasteiger partial charge < -0.3 is 56.3 Å². The van der Waals surface area contributed by atoms with Gasteiger partial charge in [-0.1, -0.05) is 77.0 Å². The van der Waals surface area contributed by atoms with Crippen LogP contribution in [0.5, 0.6) is 0 Å². The lowest BCUT2D eigenvalue weighted by Gasteiger charge is -2.22. The molecule has 7 atom stereocenters. The zero-order valence-corrected chi connectivity index (χ0v) is 45.7. The molecule has 0 aromatic heterocycles. The Kier molecular flexibility index (Phi) is 39.2. The third-order valence-electron chi connectivity index (χ3n) is 13.8. The molecule has 448 valence electrons. The number of hydrogen-bond donors (Lipinski definition) is 10. The van der Waals surface area contributed by atoms with E-state index in [1.807, 2.05) is 0 Å². The molecule has 0 rings (SSSR count). The van der Waals surface area contributed by atoms with E-state index in [0.29, 0.717) is 6.42 Å². The number of carboxylic acid groups (broad SMARTS) is 6. The highest BCUT2D eigenvalue weighted by Crippen LogP contribution is 2.25. The monoisotopic (exact) mass is 1130 g/mol. The number of nitrogens with one attached hydrogen (secondary N) is 2. The van der Waals surface area contributed by atoms with E-state index >= 15 is 0 Å². The van der Waals surface area contributed by atoms with E-state index in [9.17, 15) is 103 Å². The van der Waals surface area contributed by atoms with Crippen LogP contribution in [0.4, 0.5) is 0 Å². The van der Waals surface area contributed by atoms with Gasteiger partial charge in [0.25, 0.3) is 0 Å². The van der Waals surface area contributed by atoms with Crippen molar-refractivity contribution < 1.29 is 108 Å². The van der Waals surface area contributed by atoms with Crippen molar-refractivity contribution in [2.24, 2.45) is 29.6 Å². The summed E-state index contributed by atoms with van der Waals surface area (Å²) in [4.78, 5) is 172. The summed E-state index contributed by atoms with van der Waals surface area (Å²) in [5.41, 5.74) is 0. The normalized spacial score (nSPS) is 13.8. The van der Waals surface area contributed by atoms with Crippen molar-refractivity contribution in [1.82, 2.24) is 10.6 Å². The number of carbonyl (C=O) groups excluding carboxylic acids is 8. The lowest BCUT2D eigenvalue weighted by Crippen LogP contribution is -2.44. The van der Waals surface area contributed by atoms with Crippen LogP contribution in [0.15, 0.2) is 0 Å². The van der Waals surface area contributed by atoms with Gasteiger partial charge in [-0.3, -0.25) is 57.5 Å². The second-order valence-corrected chi connectivity index (χ2v) is 20.6. The number of amides is 2. The molecule has 0 fully saturated rings. The Morgan fingerprint density at radius 1 is 0.316 bits per heavy atom. The Morgan fingerprint density at radius 3 is 1.10 bits per heavy atom. The number of aliphatic hydroxyl groups excluding tert-OH is 2. The van der Waals surface area contributed by atoms with Gasteiger partial charge in [-0.15, -0.1) is 0 Å². The molecule has 0 heterocycles. The van der Waals surface area contributed by atoms with E-state index in [-0.39, 0.29) is 37.9 Å². The summed E-state index contributed by atoms with van der Waals surface area (Å²) in [6.07, 6.45) is 6.79. The summed E-state index contributed by atoms with van der Waals surface area (Å²) in [5.74, 6) is -20.7. The standard InChI is InChI=1S/C55H86N2O22/c1-35(60)18-19-37(52(72)73)28-41(61)23-20-39(54(76)77)31-46(64)40(33-58)32-45(63)36(22-27-51(70)71)30-47(65)44(34-59)57-49(67)26-21-38(53(74)75)29-42(62)24-25-43(55(78)79)56-48(66)16-14-12-10-8-6-4-2-3-5-7-9-11-13-15-17-50(68)69/h36-40,43-44,58-59H,2-34H2,1H3,(H,56,66)(H,57,67)(H,68,69)(H,70,71)(H,72,73)(H,74,75)(H,76,77)(H,78,79)/t36-,37-,38-,39-,40+,43+,44+/m1/s1. The number of ketones is 6. The van der Waals surface area contributed by atoms with Gasteiger partial charge in [0.05, 0.1) is 31.0 Å². The number of hydrogen-bond acceptors (Lipinski definition) is 16. The average molecular weight is 1130 g/mol. The highest BCUT2D eigenvalue weighted by atomic mass is 16.4. The fourth-order valence-electron chi connectivity index (χ4n) is 8.88. The zero-order valence-electron chi connectivity index (χ0n) is 45.7. The molecule has 79 heavy (non-hydrogen) atoms. The zero-order chi connectivity index (χ0) is 59.9. The molecule has 0 aliphatic rings. The van der Waals surface area contributed by atoms with E-state index in [1.165, 1.54) is 6.92 Å². The van der Waals surface area contributed by atoms with Gasteiger partial charge in [0.15, 0.2) is 5.78 Å². The van der Waals surface area contributed by atoms with Crippen molar-refractivity contribution in [3.8, 4) is 0 Å². The number of rotatable bonds is 53. The fourth-order valence-corrected chi connectivity index (χ4v) is 8.88. The summed E-state index contributed by atoms with van der Waals surface area (Å²) >= 11 is 0. The Labute approximate surface area is 460 Å². The molecule has 0 aromatic carbocycles. The second-order valence-electron chi connectivity index (χ2n) is 20.6. The predicted octanol–water partition coefficient (Wildman–Crippen LogP) is 5.06. The molecular formula is C55H86N2O22. The van der Waals surface area contributed by atoms with E-state index in [1.54, 1.807) is 0 Å². The molecule has 10 N–H and O–H groups in total. The van der Waals surface area contributed by atoms with Crippen molar-refractivity contribution in [2.45, 2.75) is 218 Å². The molecule has 24 heteroatoms. The van der Waals surface area contributed by atoms with E-state index in [0.717, 1.165) is 83.5 Å². The largest absolute Gasteiger partial charge is 0.481 e. The van der Waals surface area contributed by atoms with Gasteiger partial charge in [-0.2, -0.15) is 0 Å². The minimum atomic E-state index is -1.69. The van der Waals surface area contributed by atoms with Gasteiger partial charge in [0, 0.05) is 88.9 Å². The third-order valence-corrected chi connectivity index (χ3v) is 13.8. The fraction of sp³-hybridized carbons (Fsp3) is 0.745. The SMILES string of the molecule is CC(=O)CC[C@H](CC(=O)CC[C@H](CC(=O)[C@H](CO)CC(=O)[C@H](CCC(=O)O)CC(=O)[C@H](CO)NC(=O)CC[C@H](CC(=O)CC[C@H](NC(=O)CCCCCCCCCCCCCCCCC(=O)O)C(=O)O)C(=O)O)C(=O)O)C(=O)O. The first kappa shape index (κ1) is 72.7. The molecular weight excluding hydrogens is 1040 g/mol. The maximum Gasteiger partial charge on any atom is 0.326 e. The highest BCUT2D eigenvalue weighted by Gasteiger charge is 2.34. The minimum absolute atomic E-state index is 0.0807. The molecule has 0 unspecified atom stereocenters. The maximum absolute atomic E-state index is 13.5. The predicted molar refractivity (Wildman–Crippen MR) is 280 cm³/mol. The molecule has 2 amide bonds. The van der Waals surface area contributed by atoms with Crippen LogP contribution in [0.1, 0.15) is 206 Å². The van der Waals surface area contributed by atoms with Crippen molar-refractivity contribution in [3.05, 3.63) is 0 Å².